The first-order chi connectivity index (χ1) is 23.1. The van der Waals surface area contributed by atoms with Crippen LogP contribution in [0.2, 0.25) is 0 Å². The van der Waals surface area contributed by atoms with Gasteiger partial charge >= 0.3 is 13.2 Å². The SMILES string of the molecule is COCCCn1c(C2CCCN(CCC(Cc3ccc(B4OC(C)(C)C(C)(C)O4)cc3)NC(=O)OC(C)(C)C)C2)c(C)c2cccc(F)c21. The van der Waals surface area contributed by atoms with E-state index in [0.29, 0.717) is 24.5 Å². The molecule has 2 aromatic carbocycles. The number of likely N-dealkylation sites (tertiary alicyclic amines) is 1. The van der Waals surface area contributed by atoms with Crippen molar-refractivity contribution < 1.29 is 28.0 Å². The van der Waals surface area contributed by atoms with E-state index < -0.39 is 30.0 Å². The molecule has 3 aromatic rings. The Kier molecular flexibility index (Phi) is 11.5. The van der Waals surface area contributed by atoms with Crippen molar-refractivity contribution in [2.45, 2.75) is 123 Å². The number of methoxy groups -OCH3 is 1. The zero-order chi connectivity index (χ0) is 35.6. The van der Waals surface area contributed by atoms with Crippen LogP contribution < -0.4 is 10.8 Å². The molecule has 2 unspecified atom stereocenters. The van der Waals surface area contributed by atoms with Gasteiger partial charge in [-0.1, -0.05) is 36.4 Å². The van der Waals surface area contributed by atoms with E-state index in [0.717, 1.165) is 68.3 Å². The highest BCUT2D eigenvalue weighted by Crippen LogP contribution is 2.38. The van der Waals surface area contributed by atoms with Crippen LogP contribution in [0.4, 0.5) is 9.18 Å². The molecule has 2 aliphatic rings. The normalized spacial score (nSPS) is 20.1. The molecule has 0 aliphatic carbocycles. The molecule has 1 amide bonds. The maximum atomic E-state index is 15.2. The third-order valence-electron chi connectivity index (χ3n) is 10.5. The number of hydrogen-bond acceptors (Lipinski definition) is 6. The highest BCUT2D eigenvalue weighted by Gasteiger charge is 2.51. The van der Waals surface area contributed by atoms with Gasteiger partial charge in [-0.25, -0.2) is 9.18 Å². The summed E-state index contributed by atoms with van der Waals surface area (Å²) in [6.07, 6.45) is 4.00. The van der Waals surface area contributed by atoms with Crippen molar-refractivity contribution in [1.82, 2.24) is 14.8 Å². The van der Waals surface area contributed by atoms with Crippen molar-refractivity contribution in [2.24, 2.45) is 0 Å². The third kappa shape index (κ3) is 8.88. The molecule has 5 rings (SSSR count). The quantitative estimate of drug-likeness (QED) is 0.163. The van der Waals surface area contributed by atoms with Crippen LogP contribution in [0.15, 0.2) is 42.5 Å². The number of piperidine rings is 1. The molecule has 268 valence electrons. The van der Waals surface area contributed by atoms with E-state index in [-0.39, 0.29) is 11.9 Å². The smallest absolute Gasteiger partial charge is 0.444 e. The molecule has 2 aliphatic heterocycles. The number of amides is 1. The molecule has 2 atom stereocenters. The van der Waals surface area contributed by atoms with Crippen molar-refractivity contribution >= 4 is 29.6 Å². The molecule has 2 saturated heterocycles. The van der Waals surface area contributed by atoms with Crippen molar-refractivity contribution in [3.63, 3.8) is 0 Å². The van der Waals surface area contributed by atoms with E-state index in [2.05, 4.69) is 73.7 Å². The Morgan fingerprint density at radius 1 is 1.08 bits per heavy atom. The van der Waals surface area contributed by atoms with Gasteiger partial charge in [0.15, 0.2) is 0 Å². The van der Waals surface area contributed by atoms with Crippen molar-refractivity contribution in [2.75, 3.05) is 33.4 Å². The number of carbonyl (C=O) groups excluding carboxylic acids is 1. The van der Waals surface area contributed by atoms with Gasteiger partial charge in [0.2, 0.25) is 0 Å². The van der Waals surface area contributed by atoms with E-state index in [4.69, 9.17) is 18.8 Å². The number of fused-ring (bicyclic) bond motifs is 1. The Morgan fingerprint density at radius 3 is 2.43 bits per heavy atom. The molecule has 10 heteroatoms. The second kappa shape index (κ2) is 15.1. The lowest BCUT2D eigenvalue weighted by atomic mass is 9.78. The first kappa shape index (κ1) is 37.3. The van der Waals surface area contributed by atoms with Gasteiger partial charge < -0.3 is 33.6 Å². The molecule has 0 spiro atoms. The van der Waals surface area contributed by atoms with Gasteiger partial charge in [0.1, 0.15) is 11.4 Å². The lowest BCUT2D eigenvalue weighted by Crippen LogP contribution is -2.43. The lowest BCUT2D eigenvalue weighted by Gasteiger charge is -2.35. The Hall–Kier alpha value is -2.92. The summed E-state index contributed by atoms with van der Waals surface area (Å²) in [4.78, 5) is 15.5. The average Bonchev–Trinajstić information content (AvgIpc) is 3.43. The second-order valence-electron chi connectivity index (χ2n) is 15.9. The molecular weight excluding hydrogens is 620 g/mol. The summed E-state index contributed by atoms with van der Waals surface area (Å²) < 4.78 is 41.0. The predicted octanol–water partition coefficient (Wildman–Crippen LogP) is 7.13. The van der Waals surface area contributed by atoms with Gasteiger partial charge in [0, 0.05) is 56.4 Å². The van der Waals surface area contributed by atoms with Crippen molar-refractivity contribution in [1.29, 1.82) is 0 Å². The number of carbonyl (C=O) groups is 1. The monoisotopic (exact) mass is 677 g/mol. The number of alkyl carbamates (subject to hydrolysis) is 1. The fraction of sp³-hybridized carbons (Fsp3) is 0.615. The molecule has 0 bridgehead atoms. The average molecular weight is 678 g/mol. The summed E-state index contributed by atoms with van der Waals surface area (Å²) in [6.45, 7) is 20.1. The summed E-state index contributed by atoms with van der Waals surface area (Å²) in [7, 11) is 1.29. The molecular formula is C39H57BFN3O5. The summed E-state index contributed by atoms with van der Waals surface area (Å²) in [5.74, 6) is 0.125. The number of halogens is 1. The maximum absolute atomic E-state index is 15.2. The second-order valence-corrected chi connectivity index (χ2v) is 15.9. The fourth-order valence-electron chi connectivity index (χ4n) is 7.27. The summed E-state index contributed by atoms with van der Waals surface area (Å²) in [5.41, 5.74) is 3.83. The molecule has 1 N–H and O–H groups in total. The van der Waals surface area contributed by atoms with Gasteiger partial charge in [-0.2, -0.15) is 0 Å². The maximum Gasteiger partial charge on any atom is 0.494 e. The molecule has 0 saturated carbocycles. The summed E-state index contributed by atoms with van der Waals surface area (Å²) >= 11 is 0. The van der Waals surface area contributed by atoms with Crippen molar-refractivity contribution in [3.8, 4) is 0 Å². The fourth-order valence-corrected chi connectivity index (χ4v) is 7.27. The van der Waals surface area contributed by atoms with Gasteiger partial charge in [-0.15, -0.1) is 0 Å². The van der Waals surface area contributed by atoms with E-state index in [9.17, 15) is 4.79 Å². The number of nitrogens with zero attached hydrogens (tertiary/aromatic N) is 2. The Morgan fingerprint density at radius 2 is 1.78 bits per heavy atom. The lowest BCUT2D eigenvalue weighted by molar-refractivity contribution is 0.00578. The summed E-state index contributed by atoms with van der Waals surface area (Å²) in [6, 6.07) is 13.6. The third-order valence-corrected chi connectivity index (χ3v) is 10.5. The number of nitrogens with one attached hydrogen (secondary N) is 1. The van der Waals surface area contributed by atoms with Crippen molar-refractivity contribution in [3.05, 3.63) is 65.1 Å². The van der Waals surface area contributed by atoms with E-state index in [1.807, 2.05) is 32.9 Å². The zero-order valence-corrected chi connectivity index (χ0v) is 31.2. The van der Waals surface area contributed by atoms with Crippen LogP contribution in [0.25, 0.3) is 10.9 Å². The van der Waals surface area contributed by atoms with Crippen LogP contribution in [0.3, 0.4) is 0 Å². The Bertz CT molecular complexity index is 1570. The van der Waals surface area contributed by atoms with Gasteiger partial charge in [-0.3, -0.25) is 0 Å². The van der Waals surface area contributed by atoms with E-state index in [1.54, 1.807) is 13.2 Å². The van der Waals surface area contributed by atoms with Gasteiger partial charge in [-0.05, 0) is 117 Å². The van der Waals surface area contributed by atoms with Crippen LogP contribution in [0.1, 0.15) is 96.9 Å². The van der Waals surface area contributed by atoms with E-state index >= 15 is 4.39 Å². The highest BCUT2D eigenvalue weighted by atomic mass is 19.1. The number of aryl methyl sites for hydroxylation is 2. The number of para-hydroxylation sites is 1. The molecule has 49 heavy (non-hydrogen) atoms. The van der Waals surface area contributed by atoms with Gasteiger partial charge in [0.05, 0.1) is 16.7 Å². The number of benzene rings is 2. The number of hydrogen-bond donors (Lipinski definition) is 1. The first-order valence-electron chi connectivity index (χ1n) is 18.0. The topological polar surface area (TPSA) is 74.2 Å². The van der Waals surface area contributed by atoms with Crippen LogP contribution in [0, 0.1) is 12.7 Å². The largest absolute Gasteiger partial charge is 0.494 e. The number of ether oxygens (including phenoxy) is 2. The highest BCUT2D eigenvalue weighted by molar-refractivity contribution is 6.62. The number of aromatic nitrogens is 1. The Balaban J connectivity index is 1.29. The molecule has 8 nitrogen and oxygen atoms in total. The molecule has 2 fully saturated rings. The number of rotatable bonds is 12. The zero-order valence-electron chi connectivity index (χ0n) is 31.2. The van der Waals surface area contributed by atoms with Crippen LogP contribution in [0.5, 0.6) is 0 Å². The van der Waals surface area contributed by atoms with Gasteiger partial charge in [0.25, 0.3) is 0 Å². The molecule has 0 radical (unpaired) electrons. The first-order valence-corrected chi connectivity index (χ1v) is 18.0. The van der Waals surface area contributed by atoms with Crippen LogP contribution >= 0.6 is 0 Å². The minimum absolute atomic E-state index is 0.116. The molecule has 1 aromatic heterocycles. The van der Waals surface area contributed by atoms with Crippen LogP contribution in [-0.2, 0) is 31.7 Å². The minimum Gasteiger partial charge on any atom is -0.444 e. The molecule has 3 heterocycles. The summed E-state index contributed by atoms with van der Waals surface area (Å²) in [5, 5.41) is 4.17. The predicted molar refractivity (Wildman–Crippen MR) is 195 cm³/mol. The van der Waals surface area contributed by atoms with Crippen LogP contribution in [-0.4, -0.2) is 78.9 Å². The Labute approximate surface area is 293 Å². The standard InChI is InChI=1S/C39H57BFN3O5/c1-27-32-14-10-15-33(41)35(32)44(22-12-24-46-9)34(27)29-13-11-21-43(26-29)23-20-31(42-36(45)47-37(2,3)4)25-28-16-18-30(19-17-28)40-48-38(5,6)39(7,8)49-40/h10,14-19,29,31H,11-13,20-26H2,1-9H3,(H,42,45). The van der Waals surface area contributed by atoms with E-state index in [1.165, 1.54) is 11.3 Å². The minimum atomic E-state index is -0.585.